The molecule has 0 amide bonds. The number of nitrogens with two attached hydrogens (primary N) is 1. The maximum atomic E-state index is 12.2. The standard InChI is InChI=1S/C15H15F3N8OS2/c1-26(2)12-22-10(21-11(19)23-12)7-28-14-25-24-13(29-14)20-8-3-5-9(6-4-8)27-15(16,17)18/h3-6H,7H2,1-2H3,(H,20,24)(H2,19,21,22,23). The van der Waals surface area contributed by atoms with Gasteiger partial charge in [0.15, 0.2) is 4.34 Å². The molecule has 2 aromatic heterocycles. The smallest absolute Gasteiger partial charge is 0.406 e. The van der Waals surface area contributed by atoms with Gasteiger partial charge in [0.1, 0.15) is 11.6 Å². The van der Waals surface area contributed by atoms with Gasteiger partial charge in [0.05, 0.1) is 5.75 Å². The average Bonchev–Trinajstić information content (AvgIpc) is 3.07. The number of benzene rings is 1. The number of nitrogen functional groups attached to an aromatic ring is 1. The summed E-state index contributed by atoms with van der Waals surface area (Å²) < 4.78 is 41.1. The normalized spacial score (nSPS) is 11.3. The Bertz CT molecular complexity index is 965. The first-order chi connectivity index (χ1) is 13.7. The van der Waals surface area contributed by atoms with Gasteiger partial charge >= 0.3 is 6.36 Å². The highest BCUT2D eigenvalue weighted by atomic mass is 32.2. The Morgan fingerprint density at radius 2 is 1.86 bits per heavy atom. The molecule has 0 aliphatic carbocycles. The molecule has 29 heavy (non-hydrogen) atoms. The van der Waals surface area contributed by atoms with E-state index in [4.69, 9.17) is 5.73 Å². The predicted molar refractivity (Wildman–Crippen MR) is 104 cm³/mol. The van der Waals surface area contributed by atoms with Crippen molar-refractivity contribution in [2.75, 3.05) is 30.0 Å². The lowest BCUT2D eigenvalue weighted by Crippen LogP contribution is -2.16. The number of nitrogens with one attached hydrogen (secondary N) is 1. The van der Waals surface area contributed by atoms with E-state index in [1.165, 1.54) is 47.4 Å². The quantitative estimate of drug-likeness (QED) is 0.526. The van der Waals surface area contributed by atoms with Gasteiger partial charge < -0.3 is 20.7 Å². The van der Waals surface area contributed by atoms with Gasteiger partial charge in [-0.1, -0.05) is 23.1 Å². The Morgan fingerprint density at radius 1 is 1.14 bits per heavy atom. The number of hydrogen-bond donors (Lipinski definition) is 2. The summed E-state index contributed by atoms with van der Waals surface area (Å²) in [5.74, 6) is 1.23. The summed E-state index contributed by atoms with van der Waals surface area (Å²) in [6.07, 6.45) is -4.73. The molecule has 1 aromatic carbocycles. The van der Waals surface area contributed by atoms with Crippen LogP contribution in [0.1, 0.15) is 5.82 Å². The molecule has 2 heterocycles. The highest BCUT2D eigenvalue weighted by Crippen LogP contribution is 2.30. The molecule has 3 rings (SSSR count). The largest absolute Gasteiger partial charge is 0.573 e. The van der Waals surface area contributed by atoms with E-state index in [0.717, 1.165) is 0 Å². The van der Waals surface area contributed by atoms with Crippen LogP contribution in [0.15, 0.2) is 28.6 Å². The van der Waals surface area contributed by atoms with Crippen LogP contribution in [0.2, 0.25) is 0 Å². The number of nitrogens with zero attached hydrogens (tertiary/aromatic N) is 6. The minimum absolute atomic E-state index is 0.136. The van der Waals surface area contributed by atoms with Crippen molar-refractivity contribution in [3.8, 4) is 5.75 Å². The summed E-state index contributed by atoms with van der Waals surface area (Å²) in [6, 6.07) is 5.32. The zero-order valence-corrected chi connectivity index (χ0v) is 16.8. The van der Waals surface area contributed by atoms with Gasteiger partial charge in [-0.3, -0.25) is 0 Å². The molecule has 0 aliphatic rings. The Hall–Kier alpha value is -2.87. The van der Waals surface area contributed by atoms with Crippen molar-refractivity contribution in [3.63, 3.8) is 0 Å². The molecular formula is C15H15F3N8OS2. The Morgan fingerprint density at radius 3 is 2.52 bits per heavy atom. The van der Waals surface area contributed by atoms with Crippen LogP contribution >= 0.6 is 23.1 Å². The summed E-state index contributed by atoms with van der Waals surface area (Å²) >= 11 is 2.66. The number of hydrogen-bond acceptors (Lipinski definition) is 11. The van der Waals surface area contributed by atoms with E-state index in [1.54, 1.807) is 19.0 Å². The molecule has 0 aliphatic heterocycles. The van der Waals surface area contributed by atoms with Crippen molar-refractivity contribution in [2.45, 2.75) is 16.5 Å². The van der Waals surface area contributed by atoms with Crippen LogP contribution in [0.5, 0.6) is 5.75 Å². The van der Waals surface area contributed by atoms with Crippen molar-refractivity contribution >= 4 is 45.8 Å². The molecule has 0 radical (unpaired) electrons. The topological polar surface area (TPSA) is 115 Å². The van der Waals surface area contributed by atoms with Crippen LogP contribution in [0.25, 0.3) is 0 Å². The fraction of sp³-hybridized carbons (Fsp3) is 0.267. The van der Waals surface area contributed by atoms with Crippen molar-refractivity contribution < 1.29 is 17.9 Å². The molecular weight excluding hydrogens is 429 g/mol. The summed E-state index contributed by atoms with van der Waals surface area (Å²) in [5, 5.41) is 11.5. The molecule has 0 fully saturated rings. The van der Waals surface area contributed by atoms with Crippen molar-refractivity contribution in [1.82, 2.24) is 25.1 Å². The van der Waals surface area contributed by atoms with Gasteiger partial charge in [-0.2, -0.15) is 15.0 Å². The van der Waals surface area contributed by atoms with Crippen LogP contribution in [0, 0.1) is 0 Å². The Balaban J connectivity index is 1.58. The monoisotopic (exact) mass is 444 g/mol. The lowest BCUT2D eigenvalue weighted by molar-refractivity contribution is -0.274. The van der Waals surface area contributed by atoms with E-state index in [9.17, 15) is 13.2 Å². The molecule has 0 saturated heterocycles. The second-order valence-corrected chi connectivity index (χ2v) is 7.86. The summed E-state index contributed by atoms with van der Waals surface area (Å²) in [4.78, 5) is 14.2. The zero-order valence-electron chi connectivity index (χ0n) is 15.1. The van der Waals surface area contributed by atoms with Gasteiger partial charge in [-0.05, 0) is 24.3 Å². The van der Waals surface area contributed by atoms with Gasteiger partial charge in [0.25, 0.3) is 0 Å². The first-order valence-electron chi connectivity index (χ1n) is 7.95. The van der Waals surface area contributed by atoms with E-state index < -0.39 is 6.36 Å². The summed E-state index contributed by atoms with van der Waals surface area (Å²) in [5.41, 5.74) is 6.25. The lowest BCUT2D eigenvalue weighted by Gasteiger charge is -2.10. The highest BCUT2D eigenvalue weighted by Gasteiger charge is 2.30. The predicted octanol–water partition coefficient (Wildman–Crippen LogP) is 3.31. The number of halogens is 3. The van der Waals surface area contributed by atoms with Crippen LogP contribution in [-0.2, 0) is 5.75 Å². The first-order valence-corrected chi connectivity index (χ1v) is 9.75. The first kappa shape index (κ1) is 20.9. The Kier molecular flexibility index (Phi) is 6.22. The maximum absolute atomic E-state index is 12.2. The van der Waals surface area contributed by atoms with Crippen LogP contribution < -0.4 is 20.7 Å². The minimum atomic E-state index is -4.73. The van der Waals surface area contributed by atoms with E-state index in [-0.39, 0.29) is 11.7 Å². The number of anilines is 4. The summed E-state index contributed by atoms with van der Waals surface area (Å²) in [6.45, 7) is 0. The zero-order chi connectivity index (χ0) is 21.0. The number of rotatable bonds is 7. The molecule has 3 aromatic rings. The number of alkyl halides is 3. The fourth-order valence-corrected chi connectivity index (χ4v) is 3.63. The molecule has 0 bridgehead atoms. The molecule has 9 nitrogen and oxygen atoms in total. The number of thioether (sulfide) groups is 1. The molecule has 0 saturated carbocycles. The number of ether oxygens (including phenoxy) is 1. The molecule has 14 heteroatoms. The maximum Gasteiger partial charge on any atom is 0.573 e. The molecule has 154 valence electrons. The van der Waals surface area contributed by atoms with E-state index in [2.05, 4.69) is 35.2 Å². The van der Waals surface area contributed by atoms with Gasteiger partial charge in [0, 0.05) is 19.8 Å². The minimum Gasteiger partial charge on any atom is -0.406 e. The molecule has 3 N–H and O–H groups in total. The molecule has 0 unspecified atom stereocenters. The summed E-state index contributed by atoms with van der Waals surface area (Å²) in [7, 11) is 3.60. The van der Waals surface area contributed by atoms with Crippen LogP contribution in [-0.4, -0.2) is 45.6 Å². The van der Waals surface area contributed by atoms with Gasteiger partial charge in [0.2, 0.25) is 17.0 Å². The van der Waals surface area contributed by atoms with Crippen LogP contribution in [0.4, 0.5) is 35.9 Å². The van der Waals surface area contributed by atoms with E-state index >= 15 is 0 Å². The second-order valence-electron chi connectivity index (χ2n) is 5.66. The SMILES string of the molecule is CN(C)c1nc(N)nc(CSc2nnc(Nc3ccc(OC(F)(F)F)cc3)s2)n1. The number of aromatic nitrogens is 5. The van der Waals surface area contributed by atoms with E-state index in [1.807, 2.05) is 0 Å². The average molecular weight is 444 g/mol. The third-order valence-electron chi connectivity index (χ3n) is 3.16. The Labute approximate surface area is 171 Å². The molecule has 0 atom stereocenters. The third-order valence-corrected chi connectivity index (χ3v) is 5.13. The van der Waals surface area contributed by atoms with E-state index in [0.29, 0.717) is 32.7 Å². The third kappa shape index (κ3) is 6.32. The van der Waals surface area contributed by atoms with Gasteiger partial charge in [-0.15, -0.1) is 23.4 Å². The van der Waals surface area contributed by atoms with Gasteiger partial charge in [-0.25, -0.2) is 0 Å². The second kappa shape index (κ2) is 8.65. The highest BCUT2D eigenvalue weighted by molar-refractivity contribution is 8.00. The molecule has 0 spiro atoms. The van der Waals surface area contributed by atoms with Crippen molar-refractivity contribution in [2.24, 2.45) is 0 Å². The van der Waals surface area contributed by atoms with Crippen LogP contribution in [0.3, 0.4) is 0 Å². The van der Waals surface area contributed by atoms with Crippen molar-refractivity contribution in [1.29, 1.82) is 0 Å². The van der Waals surface area contributed by atoms with Crippen molar-refractivity contribution in [3.05, 3.63) is 30.1 Å². The fourth-order valence-electron chi connectivity index (χ4n) is 2.00. The lowest BCUT2D eigenvalue weighted by atomic mass is 10.3.